The molecule has 0 spiro atoms. The van der Waals surface area contributed by atoms with Crippen molar-refractivity contribution in [2.24, 2.45) is 0 Å². The van der Waals surface area contributed by atoms with Crippen LogP contribution >= 0.6 is 11.6 Å². The SMILES string of the molecule is Nc1ccc(Oc2ccc(O)cc2)c(Cl)c1. The molecule has 82 valence electrons. The highest BCUT2D eigenvalue weighted by Crippen LogP contribution is 2.31. The van der Waals surface area contributed by atoms with Crippen LogP contribution < -0.4 is 10.5 Å². The fourth-order valence-corrected chi connectivity index (χ4v) is 1.47. The molecule has 0 radical (unpaired) electrons. The Bertz CT molecular complexity index is 497. The lowest BCUT2D eigenvalue weighted by Gasteiger charge is -2.07. The Labute approximate surface area is 98.0 Å². The zero-order valence-electron chi connectivity index (χ0n) is 8.35. The van der Waals surface area contributed by atoms with Crippen molar-refractivity contribution in [1.82, 2.24) is 0 Å². The van der Waals surface area contributed by atoms with E-state index in [1.165, 1.54) is 0 Å². The standard InChI is InChI=1S/C12H10ClNO2/c13-11-7-8(14)1-6-12(11)16-10-4-2-9(15)3-5-10/h1-7,15H,14H2. The Kier molecular flexibility index (Phi) is 2.88. The Morgan fingerprint density at radius 1 is 1.06 bits per heavy atom. The molecule has 0 aromatic heterocycles. The van der Waals surface area contributed by atoms with Gasteiger partial charge in [0.15, 0.2) is 0 Å². The number of hydrogen-bond donors (Lipinski definition) is 2. The van der Waals surface area contributed by atoms with E-state index in [9.17, 15) is 0 Å². The van der Waals surface area contributed by atoms with Gasteiger partial charge < -0.3 is 15.6 Å². The molecule has 0 fully saturated rings. The topological polar surface area (TPSA) is 55.5 Å². The summed E-state index contributed by atoms with van der Waals surface area (Å²) < 4.78 is 5.52. The van der Waals surface area contributed by atoms with Gasteiger partial charge in [-0.1, -0.05) is 11.6 Å². The lowest BCUT2D eigenvalue weighted by molar-refractivity contribution is 0.464. The molecule has 0 atom stereocenters. The quantitative estimate of drug-likeness (QED) is 0.785. The number of rotatable bonds is 2. The van der Waals surface area contributed by atoms with E-state index in [-0.39, 0.29) is 5.75 Å². The zero-order valence-corrected chi connectivity index (χ0v) is 9.11. The van der Waals surface area contributed by atoms with Gasteiger partial charge >= 0.3 is 0 Å². The highest BCUT2D eigenvalue weighted by molar-refractivity contribution is 6.32. The number of hydrogen-bond acceptors (Lipinski definition) is 3. The number of benzene rings is 2. The highest BCUT2D eigenvalue weighted by atomic mass is 35.5. The molecule has 0 unspecified atom stereocenters. The molecule has 0 aliphatic rings. The van der Waals surface area contributed by atoms with Gasteiger partial charge in [-0.25, -0.2) is 0 Å². The monoisotopic (exact) mass is 235 g/mol. The number of nitrogens with two attached hydrogens (primary N) is 1. The Morgan fingerprint density at radius 3 is 2.38 bits per heavy atom. The maximum atomic E-state index is 9.12. The molecule has 2 rings (SSSR count). The van der Waals surface area contributed by atoms with Crippen molar-refractivity contribution in [2.75, 3.05) is 5.73 Å². The molecule has 0 saturated carbocycles. The minimum absolute atomic E-state index is 0.191. The lowest BCUT2D eigenvalue weighted by atomic mass is 10.3. The third kappa shape index (κ3) is 2.38. The minimum Gasteiger partial charge on any atom is -0.508 e. The molecule has 0 bridgehead atoms. The second-order valence-electron chi connectivity index (χ2n) is 3.29. The molecule has 2 aromatic rings. The molecule has 3 N–H and O–H groups in total. The summed E-state index contributed by atoms with van der Waals surface area (Å²) in [4.78, 5) is 0. The van der Waals surface area contributed by atoms with Crippen LogP contribution in [0.4, 0.5) is 5.69 Å². The van der Waals surface area contributed by atoms with E-state index in [4.69, 9.17) is 27.2 Å². The van der Waals surface area contributed by atoms with E-state index >= 15 is 0 Å². The van der Waals surface area contributed by atoms with Crippen LogP contribution in [0.3, 0.4) is 0 Å². The number of ether oxygens (including phenoxy) is 1. The molecule has 3 nitrogen and oxygen atoms in total. The number of anilines is 1. The minimum atomic E-state index is 0.191. The summed E-state index contributed by atoms with van der Waals surface area (Å²) in [5.74, 6) is 1.32. The first-order valence-electron chi connectivity index (χ1n) is 4.67. The Balaban J connectivity index is 2.23. The van der Waals surface area contributed by atoms with Crippen molar-refractivity contribution < 1.29 is 9.84 Å². The van der Waals surface area contributed by atoms with Crippen LogP contribution in [0, 0.1) is 0 Å². The largest absolute Gasteiger partial charge is 0.508 e. The highest BCUT2D eigenvalue weighted by Gasteiger charge is 2.03. The van der Waals surface area contributed by atoms with E-state index in [0.717, 1.165) is 0 Å². The smallest absolute Gasteiger partial charge is 0.146 e. The molecule has 0 amide bonds. The van der Waals surface area contributed by atoms with Crippen molar-refractivity contribution in [3.63, 3.8) is 0 Å². The van der Waals surface area contributed by atoms with Crippen molar-refractivity contribution in [3.05, 3.63) is 47.5 Å². The third-order valence-corrected chi connectivity index (χ3v) is 2.32. The molecule has 16 heavy (non-hydrogen) atoms. The van der Waals surface area contributed by atoms with E-state index in [1.54, 1.807) is 42.5 Å². The van der Waals surface area contributed by atoms with Gasteiger partial charge in [-0.15, -0.1) is 0 Å². The summed E-state index contributed by atoms with van der Waals surface area (Å²) in [6, 6.07) is 11.4. The predicted octanol–water partition coefficient (Wildman–Crippen LogP) is 3.42. The first kappa shape index (κ1) is 10.6. The van der Waals surface area contributed by atoms with Crippen LogP contribution in [0.25, 0.3) is 0 Å². The Hall–Kier alpha value is -1.87. The van der Waals surface area contributed by atoms with Crippen molar-refractivity contribution >= 4 is 17.3 Å². The van der Waals surface area contributed by atoms with Gasteiger partial charge in [-0.3, -0.25) is 0 Å². The summed E-state index contributed by atoms with van der Waals surface area (Å²) in [5.41, 5.74) is 6.15. The van der Waals surface area contributed by atoms with E-state index < -0.39 is 0 Å². The third-order valence-electron chi connectivity index (χ3n) is 2.02. The average Bonchev–Trinajstić information content (AvgIpc) is 2.25. The van der Waals surface area contributed by atoms with Crippen molar-refractivity contribution in [1.29, 1.82) is 0 Å². The summed E-state index contributed by atoms with van der Waals surface area (Å²) >= 11 is 5.96. The second kappa shape index (κ2) is 4.33. The van der Waals surface area contributed by atoms with Crippen LogP contribution in [-0.2, 0) is 0 Å². The molecule has 2 aromatic carbocycles. The van der Waals surface area contributed by atoms with E-state index in [0.29, 0.717) is 22.2 Å². The molecule has 0 saturated heterocycles. The van der Waals surface area contributed by atoms with Gasteiger partial charge in [0.05, 0.1) is 5.02 Å². The summed E-state index contributed by atoms with van der Waals surface area (Å²) in [5, 5.41) is 9.57. The average molecular weight is 236 g/mol. The van der Waals surface area contributed by atoms with Crippen LogP contribution in [0.2, 0.25) is 5.02 Å². The fourth-order valence-electron chi connectivity index (χ4n) is 1.24. The number of nitrogen functional groups attached to an aromatic ring is 1. The van der Waals surface area contributed by atoms with Crippen molar-refractivity contribution in [3.8, 4) is 17.2 Å². The molecular weight excluding hydrogens is 226 g/mol. The first-order valence-corrected chi connectivity index (χ1v) is 5.05. The fraction of sp³-hybridized carbons (Fsp3) is 0. The van der Waals surface area contributed by atoms with Gasteiger partial charge in [0.1, 0.15) is 17.2 Å². The Morgan fingerprint density at radius 2 is 1.75 bits per heavy atom. The van der Waals surface area contributed by atoms with Crippen LogP contribution in [-0.4, -0.2) is 5.11 Å². The molecule has 0 heterocycles. The van der Waals surface area contributed by atoms with Gasteiger partial charge in [0.2, 0.25) is 0 Å². The molecule has 4 heteroatoms. The normalized spacial score (nSPS) is 10.1. The van der Waals surface area contributed by atoms with E-state index in [1.807, 2.05) is 0 Å². The van der Waals surface area contributed by atoms with Gasteiger partial charge in [0.25, 0.3) is 0 Å². The molecule has 0 aliphatic heterocycles. The van der Waals surface area contributed by atoms with Crippen LogP contribution in [0.15, 0.2) is 42.5 Å². The number of aromatic hydroxyl groups is 1. The lowest BCUT2D eigenvalue weighted by Crippen LogP contribution is -1.88. The number of phenols is 1. The van der Waals surface area contributed by atoms with Crippen molar-refractivity contribution in [2.45, 2.75) is 0 Å². The molecule has 0 aliphatic carbocycles. The number of phenolic OH excluding ortho intramolecular Hbond substituents is 1. The summed E-state index contributed by atoms with van der Waals surface area (Å²) in [6.45, 7) is 0. The number of halogens is 1. The predicted molar refractivity (Wildman–Crippen MR) is 64.0 cm³/mol. The molecular formula is C12H10ClNO2. The maximum absolute atomic E-state index is 9.12. The maximum Gasteiger partial charge on any atom is 0.146 e. The van der Waals surface area contributed by atoms with Gasteiger partial charge in [-0.05, 0) is 42.5 Å². The first-order chi connectivity index (χ1) is 7.65. The van der Waals surface area contributed by atoms with Crippen LogP contribution in [0.1, 0.15) is 0 Å². The summed E-state index contributed by atoms with van der Waals surface area (Å²) in [7, 11) is 0. The zero-order chi connectivity index (χ0) is 11.5. The van der Waals surface area contributed by atoms with E-state index in [2.05, 4.69) is 0 Å². The summed E-state index contributed by atoms with van der Waals surface area (Å²) in [6.07, 6.45) is 0. The van der Waals surface area contributed by atoms with Crippen LogP contribution in [0.5, 0.6) is 17.2 Å². The second-order valence-corrected chi connectivity index (χ2v) is 3.69. The van der Waals surface area contributed by atoms with Gasteiger partial charge in [0, 0.05) is 5.69 Å². The van der Waals surface area contributed by atoms with Gasteiger partial charge in [-0.2, -0.15) is 0 Å².